The van der Waals surface area contributed by atoms with E-state index in [0.717, 1.165) is 29.3 Å². The van der Waals surface area contributed by atoms with Gasteiger partial charge in [-0.1, -0.05) is 13.0 Å². The molecular formula is C15H23NO2S. The van der Waals surface area contributed by atoms with Crippen LogP contribution in [0.3, 0.4) is 0 Å². The van der Waals surface area contributed by atoms with Crippen LogP contribution in [0.15, 0.2) is 18.2 Å². The molecule has 3 atom stereocenters. The van der Waals surface area contributed by atoms with Crippen molar-refractivity contribution in [2.24, 2.45) is 0 Å². The number of nitrogens with zero attached hydrogens (tertiary/aromatic N) is 1. The molecule has 1 aliphatic heterocycles. The number of aliphatic hydroxyl groups excluding tert-OH is 1. The Kier molecular flexibility index (Phi) is 4.63. The highest BCUT2D eigenvalue weighted by Gasteiger charge is 2.28. The zero-order valence-corrected chi connectivity index (χ0v) is 12.9. The number of hydrogen-bond acceptors (Lipinski definition) is 4. The Hall–Kier alpha value is -0.870. The van der Waals surface area contributed by atoms with E-state index >= 15 is 0 Å². The van der Waals surface area contributed by atoms with Crippen molar-refractivity contribution >= 4 is 17.4 Å². The minimum atomic E-state index is -0.525. The molecule has 106 valence electrons. The van der Waals surface area contributed by atoms with Crippen LogP contribution in [0.25, 0.3) is 0 Å². The van der Waals surface area contributed by atoms with Crippen molar-refractivity contribution in [3.63, 3.8) is 0 Å². The average molecular weight is 281 g/mol. The van der Waals surface area contributed by atoms with Gasteiger partial charge in [-0.05, 0) is 26.0 Å². The minimum Gasteiger partial charge on any atom is -0.496 e. The molecule has 1 aliphatic rings. The van der Waals surface area contributed by atoms with Crippen molar-refractivity contribution in [1.82, 2.24) is 0 Å². The third-order valence-corrected chi connectivity index (χ3v) is 5.21. The van der Waals surface area contributed by atoms with Gasteiger partial charge in [-0.2, -0.15) is 11.8 Å². The van der Waals surface area contributed by atoms with Crippen molar-refractivity contribution < 1.29 is 9.84 Å². The van der Waals surface area contributed by atoms with Gasteiger partial charge in [0.05, 0.1) is 13.2 Å². The van der Waals surface area contributed by atoms with Gasteiger partial charge in [0.15, 0.2) is 0 Å². The van der Waals surface area contributed by atoms with Crippen LogP contribution in [-0.2, 0) is 0 Å². The third kappa shape index (κ3) is 2.84. The van der Waals surface area contributed by atoms with Crippen LogP contribution < -0.4 is 9.64 Å². The van der Waals surface area contributed by atoms with Crippen LogP contribution in [0.4, 0.5) is 5.69 Å². The summed E-state index contributed by atoms with van der Waals surface area (Å²) >= 11 is 2.01. The van der Waals surface area contributed by atoms with Crippen LogP contribution in [0, 0.1) is 0 Å². The second kappa shape index (κ2) is 6.06. The summed E-state index contributed by atoms with van der Waals surface area (Å²) in [4.78, 5) is 2.39. The Balaban J connectivity index is 2.43. The molecule has 1 N–H and O–H groups in total. The first-order valence-electron chi connectivity index (χ1n) is 6.79. The highest BCUT2D eigenvalue weighted by molar-refractivity contribution is 8.00. The molecule has 1 heterocycles. The molecule has 2 rings (SSSR count). The monoisotopic (exact) mass is 281 g/mol. The summed E-state index contributed by atoms with van der Waals surface area (Å²) in [6, 6.07) is 6.46. The summed E-state index contributed by atoms with van der Waals surface area (Å²) < 4.78 is 5.41. The predicted octanol–water partition coefficient (Wildman–Crippen LogP) is 3.08. The standard InChI is InChI=1S/C15H23NO2S/c1-10-12(3)19-9-8-16(10)13-6-5-7-14(18-4)15(13)11(2)17/h5-7,10-12,17H,8-9H2,1-4H3/t10?,11-,12?/m0/s1. The normalized spacial score (nSPS) is 25.2. The predicted molar refractivity (Wildman–Crippen MR) is 82.4 cm³/mol. The highest BCUT2D eigenvalue weighted by Crippen LogP contribution is 2.38. The Morgan fingerprint density at radius 2 is 2.16 bits per heavy atom. The lowest BCUT2D eigenvalue weighted by Crippen LogP contribution is -2.45. The first kappa shape index (κ1) is 14.5. The fourth-order valence-corrected chi connectivity index (χ4v) is 3.75. The van der Waals surface area contributed by atoms with Gasteiger partial charge in [0.2, 0.25) is 0 Å². The number of aliphatic hydroxyl groups is 1. The molecule has 0 bridgehead atoms. The number of rotatable bonds is 3. The maximum atomic E-state index is 10.1. The van der Waals surface area contributed by atoms with E-state index in [1.54, 1.807) is 14.0 Å². The lowest BCUT2D eigenvalue weighted by atomic mass is 10.0. The minimum absolute atomic E-state index is 0.461. The van der Waals surface area contributed by atoms with Crippen molar-refractivity contribution in [1.29, 1.82) is 0 Å². The summed E-state index contributed by atoms with van der Waals surface area (Å²) in [5, 5.41) is 10.7. The smallest absolute Gasteiger partial charge is 0.126 e. The van der Waals surface area contributed by atoms with E-state index in [0.29, 0.717) is 11.3 Å². The van der Waals surface area contributed by atoms with Crippen LogP contribution in [0.2, 0.25) is 0 Å². The third-order valence-electron chi connectivity index (χ3n) is 3.87. The Labute approximate surface area is 120 Å². The summed E-state index contributed by atoms with van der Waals surface area (Å²) in [6.07, 6.45) is -0.525. The van der Waals surface area contributed by atoms with Gasteiger partial charge in [-0.15, -0.1) is 0 Å². The van der Waals surface area contributed by atoms with Crippen LogP contribution in [-0.4, -0.2) is 35.8 Å². The molecule has 1 aromatic carbocycles. The fourth-order valence-electron chi connectivity index (χ4n) is 2.65. The molecule has 1 fully saturated rings. The fraction of sp³-hybridized carbons (Fsp3) is 0.600. The number of benzene rings is 1. The number of methoxy groups -OCH3 is 1. The molecule has 0 saturated carbocycles. The first-order valence-corrected chi connectivity index (χ1v) is 7.84. The second-order valence-electron chi connectivity index (χ2n) is 5.08. The number of anilines is 1. The van der Waals surface area contributed by atoms with Gasteiger partial charge in [0.25, 0.3) is 0 Å². The van der Waals surface area contributed by atoms with Gasteiger partial charge >= 0.3 is 0 Å². The maximum Gasteiger partial charge on any atom is 0.126 e. The molecule has 19 heavy (non-hydrogen) atoms. The van der Waals surface area contributed by atoms with Crippen LogP contribution in [0.5, 0.6) is 5.75 Å². The Morgan fingerprint density at radius 3 is 2.79 bits per heavy atom. The van der Waals surface area contributed by atoms with E-state index in [1.807, 2.05) is 23.9 Å². The molecule has 0 aliphatic carbocycles. The van der Waals surface area contributed by atoms with Gasteiger partial charge in [-0.25, -0.2) is 0 Å². The topological polar surface area (TPSA) is 32.7 Å². The van der Waals surface area contributed by atoms with Gasteiger partial charge < -0.3 is 14.7 Å². The summed E-state index contributed by atoms with van der Waals surface area (Å²) in [7, 11) is 1.66. The summed E-state index contributed by atoms with van der Waals surface area (Å²) in [5.74, 6) is 1.90. The largest absolute Gasteiger partial charge is 0.496 e. The van der Waals surface area contributed by atoms with E-state index in [1.165, 1.54) is 0 Å². The molecule has 4 heteroatoms. The van der Waals surface area contributed by atoms with Crippen molar-refractivity contribution in [3.05, 3.63) is 23.8 Å². The van der Waals surface area contributed by atoms with E-state index in [9.17, 15) is 5.11 Å². The van der Waals surface area contributed by atoms with Gasteiger partial charge in [0.1, 0.15) is 5.75 Å². The van der Waals surface area contributed by atoms with E-state index in [4.69, 9.17) is 4.74 Å². The second-order valence-corrected chi connectivity index (χ2v) is 6.56. The summed E-state index contributed by atoms with van der Waals surface area (Å²) in [5.41, 5.74) is 2.00. The molecule has 2 unspecified atom stereocenters. The quantitative estimate of drug-likeness (QED) is 0.923. The van der Waals surface area contributed by atoms with Crippen LogP contribution in [0.1, 0.15) is 32.4 Å². The first-order chi connectivity index (χ1) is 9.06. The number of thioether (sulfide) groups is 1. The lowest BCUT2D eigenvalue weighted by Gasteiger charge is -2.40. The van der Waals surface area contributed by atoms with Gasteiger partial charge in [0, 0.05) is 34.8 Å². The number of ether oxygens (including phenoxy) is 1. The molecular weight excluding hydrogens is 258 g/mol. The zero-order chi connectivity index (χ0) is 14.0. The summed E-state index contributed by atoms with van der Waals surface area (Å²) in [6.45, 7) is 7.34. The SMILES string of the molecule is COc1cccc(N2CCSC(C)C2C)c1[C@H](C)O. The van der Waals surface area contributed by atoms with Crippen molar-refractivity contribution in [2.75, 3.05) is 24.3 Å². The molecule has 3 nitrogen and oxygen atoms in total. The van der Waals surface area contributed by atoms with E-state index in [-0.39, 0.29) is 0 Å². The molecule has 0 radical (unpaired) electrons. The Bertz CT molecular complexity index is 436. The molecule has 0 aromatic heterocycles. The molecule has 0 amide bonds. The van der Waals surface area contributed by atoms with Crippen LogP contribution >= 0.6 is 11.8 Å². The molecule has 1 aromatic rings. The average Bonchev–Trinajstić information content (AvgIpc) is 2.40. The van der Waals surface area contributed by atoms with Crippen molar-refractivity contribution in [3.8, 4) is 5.75 Å². The van der Waals surface area contributed by atoms with E-state index < -0.39 is 6.10 Å². The Morgan fingerprint density at radius 1 is 1.42 bits per heavy atom. The lowest BCUT2D eigenvalue weighted by molar-refractivity contribution is 0.194. The van der Waals surface area contributed by atoms with Gasteiger partial charge in [-0.3, -0.25) is 0 Å². The highest BCUT2D eigenvalue weighted by atomic mass is 32.2. The molecule has 0 spiro atoms. The molecule has 1 saturated heterocycles. The zero-order valence-electron chi connectivity index (χ0n) is 12.1. The van der Waals surface area contributed by atoms with Crippen molar-refractivity contribution in [2.45, 2.75) is 38.2 Å². The maximum absolute atomic E-state index is 10.1. The van der Waals surface area contributed by atoms with E-state index in [2.05, 4.69) is 24.8 Å². The number of hydrogen-bond donors (Lipinski definition) is 1.